The van der Waals surface area contributed by atoms with Crippen LogP contribution in [0.1, 0.15) is 21.6 Å². The van der Waals surface area contributed by atoms with Gasteiger partial charge in [0.15, 0.2) is 0 Å². The van der Waals surface area contributed by atoms with Crippen LogP contribution in [0.15, 0.2) is 36.5 Å². The van der Waals surface area contributed by atoms with Crippen LogP contribution >= 0.6 is 23.8 Å². The molecular formula is C14H12ClN3OS. The van der Waals surface area contributed by atoms with Crippen molar-refractivity contribution in [3.05, 3.63) is 58.4 Å². The lowest BCUT2D eigenvalue weighted by molar-refractivity contribution is 0.102. The Balaban J connectivity index is 2.19. The third-order valence-electron chi connectivity index (χ3n) is 2.68. The molecule has 0 saturated carbocycles. The molecule has 1 aromatic carbocycles. The number of benzene rings is 1. The van der Waals surface area contributed by atoms with Crippen molar-refractivity contribution in [2.45, 2.75) is 6.92 Å². The first-order valence-electron chi connectivity index (χ1n) is 5.81. The number of aromatic nitrogens is 1. The molecule has 0 bridgehead atoms. The van der Waals surface area contributed by atoms with Gasteiger partial charge in [0.25, 0.3) is 5.91 Å². The molecule has 1 aromatic heterocycles. The van der Waals surface area contributed by atoms with Crippen molar-refractivity contribution in [1.82, 2.24) is 4.98 Å². The third kappa shape index (κ3) is 3.31. The zero-order valence-electron chi connectivity index (χ0n) is 10.7. The highest BCUT2D eigenvalue weighted by Crippen LogP contribution is 2.23. The number of carbonyl (C=O) groups excluding carboxylic acids is 1. The van der Waals surface area contributed by atoms with Crippen LogP contribution < -0.4 is 11.1 Å². The van der Waals surface area contributed by atoms with Crippen LogP contribution in [0.25, 0.3) is 0 Å². The van der Waals surface area contributed by atoms with Gasteiger partial charge < -0.3 is 11.1 Å². The number of nitrogens with zero attached hydrogens (tertiary/aromatic N) is 1. The molecule has 0 unspecified atom stereocenters. The van der Waals surface area contributed by atoms with Gasteiger partial charge in [-0.05, 0) is 37.3 Å². The van der Waals surface area contributed by atoms with E-state index in [1.54, 1.807) is 30.3 Å². The Morgan fingerprint density at radius 3 is 2.55 bits per heavy atom. The van der Waals surface area contributed by atoms with Gasteiger partial charge in [-0.25, -0.2) is 0 Å². The van der Waals surface area contributed by atoms with Gasteiger partial charge in [0.1, 0.15) is 4.99 Å². The van der Waals surface area contributed by atoms with Gasteiger partial charge in [-0.15, -0.1) is 0 Å². The van der Waals surface area contributed by atoms with Crippen LogP contribution in [0, 0.1) is 6.92 Å². The van der Waals surface area contributed by atoms with Crippen molar-refractivity contribution in [1.29, 1.82) is 0 Å². The Bertz CT molecular complexity index is 671. The topological polar surface area (TPSA) is 68.0 Å². The van der Waals surface area contributed by atoms with Crippen LogP contribution in [0.4, 0.5) is 5.69 Å². The highest BCUT2D eigenvalue weighted by atomic mass is 35.5. The normalized spacial score (nSPS) is 10.1. The Kier molecular flexibility index (Phi) is 4.32. The van der Waals surface area contributed by atoms with Crippen LogP contribution in [0.5, 0.6) is 0 Å². The zero-order chi connectivity index (χ0) is 14.7. The van der Waals surface area contributed by atoms with E-state index in [-0.39, 0.29) is 10.9 Å². The minimum absolute atomic E-state index is 0.257. The number of carbonyl (C=O) groups is 1. The van der Waals surface area contributed by atoms with Crippen LogP contribution in [0.2, 0.25) is 5.02 Å². The summed E-state index contributed by atoms with van der Waals surface area (Å²) in [6.07, 6.45) is 1.52. The summed E-state index contributed by atoms with van der Waals surface area (Å²) in [5.41, 5.74) is 7.98. The molecule has 102 valence electrons. The molecule has 0 aliphatic rings. The van der Waals surface area contributed by atoms with Gasteiger partial charge in [0.2, 0.25) is 0 Å². The van der Waals surface area contributed by atoms with E-state index in [4.69, 9.17) is 29.6 Å². The third-order valence-corrected chi connectivity index (χ3v) is 3.22. The van der Waals surface area contributed by atoms with E-state index in [2.05, 4.69) is 10.3 Å². The van der Waals surface area contributed by atoms with Crippen LogP contribution in [-0.4, -0.2) is 15.9 Å². The smallest absolute Gasteiger partial charge is 0.257 e. The van der Waals surface area contributed by atoms with E-state index in [0.29, 0.717) is 21.8 Å². The number of nitrogens with one attached hydrogen (secondary N) is 1. The molecule has 3 N–H and O–H groups in total. The Morgan fingerprint density at radius 2 is 2.00 bits per heavy atom. The van der Waals surface area contributed by atoms with Gasteiger partial charge in [-0.1, -0.05) is 23.8 Å². The van der Waals surface area contributed by atoms with E-state index in [0.717, 1.165) is 5.69 Å². The Hall–Kier alpha value is -1.98. The standard InChI is InChI=1S/C14H12ClN3OS/c1-8-2-3-10(7-17-8)14(19)18-12-5-4-9(13(16)20)6-11(12)15/h2-7H,1H3,(H2,16,20)(H,18,19). The predicted octanol–water partition coefficient (Wildman–Crippen LogP) is 2.93. The van der Waals surface area contributed by atoms with Crippen molar-refractivity contribution in [3.8, 4) is 0 Å². The molecule has 4 nitrogen and oxygen atoms in total. The van der Waals surface area contributed by atoms with Crippen molar-refractivity contribution in [2.75, 3.05) is 5.32 Å². The average molecular weight is 306 g/mol. The molecule has 1 heterocycles. The fourth-order valence-corrected chi connectivity index (χ4v) is 1.92. The Labute approximate surface area is 127 Å². The molecule has 0 spiro atoms. The highest BCUT2D eigenvalue weighted by Gasteiger charge is 2.09. The van der Waals surface area contributed by atoms with Gasteiger partial charge in [-0.3, -0.25) is 9.78 Å². The molecule has 0 saturated heterocycles. The number of nitrogens with two attached hydrogens (primary N) is 1. The molecule has 20 heavy (non-hydrogen) atoms. The van der Waals surface area contributed by atoms with Crippen molar-refractivity contribution in [3.63, 3.8) is 0 Å². The largest absolute Gasteiger partial charge is 0.389 e. The number of pyridine rings is 1. The van der Waals surface area contributed by atoms with E-state index in [1.165, 1.54) is 6.20 Å². The van der Waals surface area contributed by atoms with Gasteiger partial charge in [0.05, 0.1) is 16.3 Å². The second-order valence-electron chi connectivity index (χ2n) is 4.20. The van der Waals surface area contributed by atoms with Gasteiger partial charge >= 0.3 is 0 Å². The minimum Gasteiger partial charge on any atom is -0.389 e. The summed E-state index contributed by atoms with van der Waals surface area (Å²) in [4.78, 5) is 16.4. The van der Waals surface area contributed by atoms with Gasteiger partial charge in [0, 0.05) is 17.5 Å². The van der Waals surface area contributed by atoms with Crippen molar-refractivity contribution in [2.24, 2.45) is 5.73 Å². The number of rotatable bonds is 3. The van der Waals surface area contributed by atoms with Gasteiger partial charge in [-0.2, -0.15) is 0 Å². The predicted molar refractivity (Wildman–Crippen MR) is 84.3 cm³/mol. The summed E-state index contributed by atoms with van der Waals surface area (Å²) < 4.78 is 0. The summed E-state index contributed by atoms with van der Waals surface area (Å²) >= 11 is 10.9. The molecular weight excluding hydrogens is 294 g/mol. The molecule has 1 amide bonds. The number of hydrogen-bond donors (Lipinski definition) is 2. The molecule has 0 aliphatic carbocycles. The number of halogens is 1. The van der Waals surface area contributed by atoms with Crippen molar-refractivity contribution >= 4 is 40.4 Å². The maximum Gasteiger partial charge on any atom is 0.257 e. The van der Waals surface area contributed by atoms with Crippen LogP contribution in [0.3, 0.4) is 0 Å². The number of anilines is 1. The lowest BCUT2D eigenvalue weighted by Gasteiger charge is -2.08. The number of hydrogen-bond acceptors (Lipinski definition) is 3. The Morgan fingerprint density at radius 1 is 1.30 bits per heavy atom. The fraction of sp³-hybridized carbons (Fsp3) is 0.0714. The fourth-order valence-electron chi connectivity index (χ4n) is 1.57. The maximum atomic E-state index is 12.0. The first-order valence-corrected chi connectivity index (χ1v) is 6.59. The molecule has 0 aliphatic heterocycles. The zero-order valence-corrected chi connectivity index (χ0v) is 12.3. The number of thiocarbonyl (C=S) groups is 1. The second kappa shape index (κ2) is 5.98. The summed E-state index contributed by atoms with van der Waals surface area (Å²) in [5.74, 6) is -0.275. The average Bonchev–Trinajstić information content (AvgIpc) is 2.41. The maximum absolute atomic E-state index is 12.0. The minimum atomic E-state index is -0.275. The van der Waals surface area contributed by atoms with E-state index < -0.39 is 0 Å². The first-order chi connectivity index (χ1) is 9.47. The molecule has 2 rings (SSSR count). The second-order valence-corrected chi connectivity index (χ2v) is 5.05. The SMILES string of the molecule is Cc1ccc(C(=O)Nc2ccc(C(N)=S)cc2Cl)cn1. The molecule has 0 atom stereocenters. The van der Waals surface area contributed by atoms with E-state index >= 15 is 0 Å². The highest BCUT2D eigenvalue weighted by molar-refractivity contribution is 7.80. The molecule has 0 fully saturated rings. The lowest BCUT2D eigenvalue weighted by atomic mass is 10.2. The lowest BCUT2D eigenvalue weighted by Crippen LogP contribution is -2.13. The number of aryl methyl sites for hydroxylation is 1. The monoisotopic (exact) mass is 305 g/mol. The first kappa shape index (κ1) is 14.4. The van der Waals surface area contributed by atoms with Crippen molar-refractivity contribution < 1.29 is 4.79 Å². The van der Waals surface area contributed by atoms with E-state index in [9.17, 15) is 4.79 Å². The molecule has 0 radical (unpaired) electrons. The van der Waals surface area contributed by atoms with E-state index in [1.807, 2.05) is 6.92 Å². The summed E-state index contributed by atoms with van der Waals surface area (Å²) in [6.45, 7) is 1.85. The molecule has 6 heteroatoms. The summed E-state index contributed by atoms with van der Waals surface area (Å²) in [6, 6.07) is 8.46. The quantitative estimate of drug-likeness (QED) is 0.856. The molecule has 2 aromatic rings. The van der Waals surface area contributed by atoms with Crippen LogP contribution in [-0.2, 0) is 0 Å². The summed E-state index contributed by atoms with van der Waals surface area (Å²) in [5, 5.41) is 3.10. The summed E-state index contributed by atoms with van der Waals surface area (Å²) in [7, 11) is 0. The number of amides is 1.